The van der Waals surface area contributed by atoms with Crippen LogP contribution in [0.4, 0.5) is 4.39 Å². The number of amides is 1. The quantitative estimate of drug-likeness (QED) is 0.723. The normalized spacial score (nSPS) is 11.0. The number of nitrogens with zero attached hydrogens (tertiary/aromatic N) is 1. The summed E-state index contributed by atoms with van der Waals surface area (Å²) in [6.07, 6.45) is 0. The molecule has 0 fully saturated rings. The molecular formula is C14H12FN3OS2. The second-order valence-corrected chi connectivity index (χ2v) is 6.14. The first-order valence-corrected chi connectivity index (χ1v) is 7.53. The highest BCUT2D eigenvalue weighted by molar-refractivity contribution is 7.71. The van der Waals surface area contributed by atoms with E-state index in [0.717, 1.165) is 4.88 Å². The minimum Gasteiger partial charge on any atom is -0.336 e. The lowest BCUT2D eigenvalue weighted by molar-refractivity contribution is 0.0788. The minimum atomic E-state index is -0.472. The van der Waals surface area contributed by atoms with Crippen molar-refractivity contribution >= 4 is 40.5 Å². The Morgan fingerprint density at radius 3 is 2.95 bits per heavy atom. The molecule has 0 atom stereocenters. The fraction of sp³-hybridized carbons (Fsp3) is 0.143. The van der Waals surface area contributed by atoms with Crippen LogP contribution in [0.5, 0.6) is 0 Å². The van der Waals surface area contributed by atoms with Crippen LogP contribution in [-0.4, -0.2) is 27.8 Å². The molecular weight excluding hydrogens is 309 g/mol. The number of benzene rings is 1. The van der Waals surface area contributed by atoms with E-state index in [4.69, 9.17) is 12.2 Å². The van der Waals surface area contributed by atoms with E-state index in [1.807, 2.05) is 17.5 Å². The lowest BCUT2D eigenvalue weighted by Crippen LogP contribution is -2.26. The Labute approximate surface area is 129 Å². The first-order valence-electron chi connectivity index (χ1n) is 6.24. The summed E-state index contributed by atoms with van der Waals surface area (Å²) >= 11 is 6.58. The van der Waals surface area contributed by atoms with Crippen molar-refractivity contribution < 1.29 is 9.18 Å². The fourth-order valence-electron chi connectivity index (χ4n) is 2.19. The van der Waals surface area contributed by atoms with Gasteiger partial charge < -0.3 is 14.9 Å². The van der Waals surface area contributed by atoms with Gasteiger partial charge in [0.05, 0.1) is 23.1 Å². The molecule has 3 aromatic rings. The monoisotopic (exact) mass is 321 g/mol. The number of aromatic amines is 2. The van der Waals surface area contributed by atoms with E-state index in [1.54, 1.807) is 23.3 Å². The van der Waals surface area contributed by atoms with Crippen LogP contribution < -0.4 is 0 Å². The van der Waals surface area contributed by atoms with Gasteiger partial charge in [0, 0.05) is 11.9 Å². The second kappa shape index (κ2) is 5.42. The van der Waals surface area contributed by atoms with Crippen LogP contribution in [0.15, 0.2) is 29.6 Å². The van der Waals surface area contributed by atoms with E-state index >= 15 is 0 Å². The molecule has 0 spiro atoms. The van der Waals surface area contributed by atoms with E-state index < -0.39 is 5.82 Å². The number of fused-ring (bicyclic) bond motifs is 1. The lowest BCUT2D eigenvalue weighted by atomic mass is 10.1. The maximum Gasteiger partial charge on any atom is 0.256 e. The van der Waals surface area contributed by atoms with Crippen molar-refractivity contribution in [1.82, 2.24) is 14.9 Å². The van der Waals surface area contributed by atoms with Gasteiger partial charge in [-0.2, -0.15) is 0 Å². The molecule has 3 rings (SSSR count). The maximum atomic E-state index is 13.7. The maximum absolute atomic E-state index is 13.7. The largest absolute Gasteiger partial charge is 0.336 e. The number of imidazole rings is 1. The highest BCUT2D eigenvalue weighted by Gasteiger charge is 2.18. The second-order valence-electron chi connectivity index (χ2n) is 4.70. The first kappa shape index (κ1) is 14.0. The zero-order valence-corrected chi connectivity index (χ0v) is 12.8. The topological polar surface area (TPSA) is 51.9 Å². The van der Waals surface area contributed by atoms with Gasteiger partial charge in [0.2, 0.25) is 0 Å². The van der Waals surface area contributed by atoms with Crippen LogP contribution in [-0.2, 0) is 6.54 Å². The molecule has 0 aliphatic carbocycles. The van der Waals surface area contributed by atoms with Crippen molar-refractivity contribution in [2.45, 2.75) is 6.54 Å². The van der Waals surface area contributed by atoms with Crippen molar-refractivity contribution in [2.24, 2.45) is 0 Å². The number of hydrogen-bond acceptors (Lipinski definition) is 3. The molecule has 0 saturated heterocycles. The Hall–Kier alpha value is -1.99. The van der Waals surface area contributed by atoms with E-state index in [1.165, 1.54) is 12.1 Å². The number of nitrogens with one attached hydrogen (secondary N) is 2. The molecule has 0 aliphatic heterocycles. The van der Waals surface area contributed by atoms with E-state index in [0.29, 0.717) is 22.3 Å². The number of hydrogen-bond donors (Lipinski definition) is 2. The molecule has 0 radical (unpaired) electrons. The van der Waals surface area contributed by atoms with Gasteiger partial charge in [-0.25, -0.2) is 4.39 Å². The molecule has 0 unspecified atom stereocenters. The Balaban J connectivity index is 1.99. The molecule has 2 N–H and O–H groups in total. The third kappa shape index (κ3) is 2.74. The van der Waals surface area contributed by atoms with Gasteiger partial charge in [-0.15, -0.1) is 11.3 Å². The Morgan fingerprint density at radius 2 is 2.24 bits per heavy atom. The number of halogens is 1. The third-order valence-corrected chi connectivity index (χ3v) is 4.21. The predicted molar refractivity (Wildman–Crippen MR) is 83.6 cm³/mol. The highest BCUT2D eigenvalue weighted by atomic mass is 32.1. The standard InChI is InChI=1S/C14H12FN3OS2/c1-18(7-9-3-2-4-21-9)13(19)10-5-8(15)6-11-12(10)17-14(20)16-11/h2-6H,7H2,1H3,(H2,16,17,20). The van der Waals surface area contributed by atoms with Crippen molar-refractivity contribution in [3.05, 3.63) is 50.7 Å². The molecule has 0 saturated carbocycles. The SMILES string of the molecule is CN(Cc1cccs1)C(=O)c1cc(F)cc2[nH]c(=S)[nH]c12. The Bertz CT molecular complexity index is 851. The first-order chi connectivity index (χ1) is 10.0. The molecule has 108 valence electrons. The fourth-order valence-corrected chi connectivity index (χ4v) is 3.16. The van der Waals surface area contributed by atoms with Gasteiger partial charge in [-0.3, -0.25) is 4.79 Å². The zero-order valence-electron chi connectivity index (χ0n) is 11.1. The van der Waals surface area contributed by atoms with Crippen LogP contribution in [0.1, 0.15) is 15.2 Å². The van der Waals surface area contributed by atoms with Gasteiger partial charge in [-0.1, -0.05) is 6.07 Å². The Kier molecular flexibility index (Phi) is 3.60. The van der Waals surface area contributed by atoms with Crippen molar-refractivity contribution in [2.75, 3.05) is 7.05 Å². The molecule has 4 nitrogen and oxygen atoms in total. The van der Waals surface area contributed by atoms with Gasteiger partial charge in [0.15, 0.2) is 4.77 Å². The van der Waals surface area contributed by atoms with Crippen LogP contribution in [0.25, 0.3) is 11.0 Å². The molecule has 1 aromatic carbocycles. The number of aromatic nitrogens is 2. The molecule has 2 heterocycles. The van der Waals surface area contributed by atoms with E-state index in [9.17, 15) is 9.18 Å². The van der Waals surface area contributed by atoms with Gasteiger partial charge in [0.1, 0.15) is 5.82 Å². The van der Waals surface area contributed by atoms with Crippen molar-refractivity contribution in [3.8, 4) is 0 Å². The number of carbonyl (C=O) groups excluding carboxylic acids is 1. The van der Waals surface area contributed by atoms with Crippen LogP contribution in [0.2, 0.25) is 0 Å². The highest BCUT2D eigenvalue weighted by Crippen LogP contribution is 2.20. The van der Waals surface area contributed by atoms with E-state index in [-0.39, 0.29) is 11.5 Å². The molecule has 0 bridgehead atoms. The number of rotatable bonds is 3. The molecule has 1 amide bonds. The summed E-state index contributed by atoms with van der Waals surface area (Å²) in [6.45, 7) is 0.486. The Morgan fingerprint density at radius 1 is 1.43 bits per heavy atom. The summed E-state index contributed by atoms with van der Waals surface area (Å²) in [4.78, 5) is 20.9. The average molecular weight is 321 g/mol. The third-order valence-electron chi connectivity index (χ3n) is 3.14. The lowest BCUT2D eigenvalue weighted by Gasteiger charge is -2.16. The molecule has 21 heavy (non-hydrogen) atoms. The summed E-state index contributed by atoms with van der Waals surface area (Å²) in [7, 11) is 1.69. The van der Waals surface area contributed by atoms with Crippen molar-refractivity contribution in [3.63, 3.8) is 0 Å². The number of thiophene rings is 1. The number of carbonyl (C=O) groups is 1. The molecule has 2 aromatic heterocycles. The van der Waals surface area contributed by atoms with Gasteiger partial charge in [0.25, 0.3) is 5.91 Å². The minimum absolute atomic E-state index is 0.252. The zero-order chi connectivity index (χ0) is 15.0. The van der Waals surface area contributed by atoms with Crippen LogP contribution in [0, 0.1) is 10.6 Å². The molecule has 7 heteroatoms. The summed E-state index contributed by atoms with van der Waals surface area (Å²) in [6, 6.07) is 6.44. The summed E-state index contributed by atoms with van der Waals surface area (Å²) < 4.78 is 14.0. The molecule has 0 aliphatic rings. The van der Waals surface area contributed by atoms with Crippen LogP contribution >= 0.6 is 23.6 Å². The van der Waals surface area contributed by atoms with Gasteiger partial charge in [-0.05, 0) is 35.8 Å². The summed E-state index contributed by atoms with van der Waals surface area (Å²) in [5.74, 6) is -0.723. The summed E-state index contributed by atoms with van der Waals surface area (Å²) in [5, 5.41) is 1.96. The number of H-pyrrole nitrogens is 2. The van der Waals surface area contributed by atoms with Gasteiger partial charge >= 0.3 is 0 Å². The predicted octanol–water partition coefficient (Wildman–Crippen LogP) is 3.70. The summed E-state index contributed by atoms with van der Waals surface area (Å²) in [5.41, 5.74) is 1.30. The average Bonchev–Trinajstić information content (AvgIpc) is 3.05. The smallest absolute Gasteiger partial charge is 0.256 e. The van der Waals surface area contributed by atoms with E-state index in [2.05, 4.69) is 9.97 Å². The van der Waals surface area contributed by atoms with Crippen molar-refractivity contribution in [1.29, 1.82) is 0 Å². The van der Waals surface area contributed by atoms with Crippen LogP contribution in [0.3, 0.4) is 0 Å².